The average Bonchev–Trinajstić information content (AvgIpc) is 3.08. The molecule has 0 saturated heterocycles. The van der Waals surface area contributed by atoms with Crippen LogP contribution in [0.1, 0.15) is 38.7 Å². The predicted molar refractivity (Wildman–Crippen MR) is 171 cm³/mol. The Balaban J connectivity index is 1.56. The molecule has 1 aromatic heterocycles. The topological polar surface area (TPSA) is 112 Å². The normalized spacial score (nSPS) is 11.9. The van der Waals surface area contributed by atoms with E-state index >= 15 is 0 Å². The molecule has 0 aliphatic carbocycles. The highest BCUT2D eigenvalue weighted by Crippen LogP contribution is 2.35. The van der Waals surface area contributed by atoms with E-state index < -0.39 is 33.6 Å². The van der Waals surface area contributed by atoms with Gasteiger partial charge in [0.05, 0.1) is 38.4 Å². The Kier molecular flexibility index (Phi) is 9.74. The number of ether oxygens (including phenoxy) is 3. The quantitative estimate of drug-likeness (QED) is 0.150. The van der Waals surface area contributed by atoms with Crippen molar-refractivity contribution in [1.82, 2.24) is 4.98 Å². The van der Waals surface area contributed by atoms with E-state index in [1.54, 1.807) is 62.0 Å². The number of nitrogens with zero attached hydrogens (tertiary/aromatic N) is 2. The molecule has 0 N–H and O–H groups in total. The van der Waals surface area contributed by atoms with Crippen LogP contribution < -0.4 is 9.04 Å². The minimum atomic E-state index is -4.30. The van der Waals surface area contributed by atoms with Gasteiger partial charge >= 0.3 is 11.9 Å². The molecule has 5 rings (SSSR count). The number of sulfonamides is 1. The zero-order chi connectivity index (χ0) is 31.8. The van der Waals surface area contributed by atoms with Gasteiger partial charge in [-0.15, -0.1) is 0 Å². The summed E-state index contributed by atoms with van der Waals surface area (Å²) < 4.78 is 46.5. The third-order valence-electron chi connectivity index (χ3n) is 7.36. The van der Waals surface area contributed by atoms with Crippen molar-refractivity contribution in [3.05, 3.63) is 138 Å². The van der Waals surface area contributed by atoms with Gasteiger partial charge in [0.2, 0.25) is 10.0 Å². The maximum absolute atomic E-state index is 14.8. The number of anilines is 1. The molecule has 0 amide bonds. The summed E-state index contributed by atoms with van der Waals surface area (Å²) in [7, 11) is -1.47. The number of carbonyl (C=O) groups is 2. The van der Waals surface area contributed by atoms with Gasteiger partial charge in [-0.1, -0.05) is 60.7 Å². The lowest BCUT2D eigenvalue weighted by Crippen LogP contribution is -2.35. The second kappa shape index (κ2) is 14.0. The fraction of sp³-hybridized carbons (Fsp3) is 0.171. The molecule has 0 radical (unpaired) electrons. The van der Waals surface area contributed by atoms with Crippen LogP contribution in [0.15, 0.2) is 116 Å². The highest BCUT2D eigenvalue weighted by molar-refractivity contribution is 7.93. The fourth-order valence-corrected chi connectivity index (χ4v) is 6.79. The molecule has 45 heavy (non-hydrogen) atoms. The van der Waals surface area contributed by atoms with Gasteiger partial charge in [-0.3, -0.25) is 14.1 Å². The summed E-state index contributed by atoms with van der Waals surface area (Å²) in [6.45, 7) is -0.0132. The molecule has 0 fully saturated rings. The minimum Gasteiger partial charge on any atom is -0.497 e. The summed E-state index contributed by atoms with van der Waals surface area (Å²) in [6, 6.07) is 29.4. The van der Waals surface area contributed by atoms with Crippen molar-refractivity contribution in [3.63, 3.8) is 0 Å². The molecule has 10 heteroatoms. The van der Waals surface area contributed by atoms with Crippen LogP contribution in [0.5, 0.6) is 5.75 Å². The van der Waals surface area contributed by atoms with Gasteiger partial charge in [-0.25, -0.2) is 13.2 Å². The summed E-state index contributed by atoms with van der Waals surface area (Å²) in [5.74, 6) is -0.607. The molecule has 0 spiro atoms. The molecule has 9 nitrogen and oxygen atoms in total. The molecule has 1 unspecified atom stereocenters. The molecule has 0 bridgehead atoms. The van der Waals surface area contributed by atoms with Crippen LogP contribution in [-0.2, 0) is 37.4 Å². The third kappa shape index (κ3) is 7.47. The van der Waals surface area contributed by atoms with Gasteiger partial charge in [0.1, 0.15) is 17.6 Å². The van der Waals surface area contributed by atoms with E-state index in [9.17, 15) is 18.0 Å². The first-order valence-electron chi connectivity index (χ1n) is 14.1. The van der Waals surface area contributed by atoms with Crippen molar-refractivity contribution >= 4 is 38.4 Å². The second-order valence-electron chi connectivity index (χ2n) is 10.3. The van der Waals surface area contributed by atoms with Crippen LogP contribution in [0.25, 0.3) is 10.8 Å². The van der Waals surface area contributed by atoms with Gasteiger partial charge in [-0.2, -0.15) is 0 Å². The van der Waals surface area contributed by atoms with Gasteiger partial charge in [-0.05, 0) is 64.5 Å². The van der Waals surface area contributed by atoms with Crippen LogP contribution in [0, 0.1) is 0 Å². The van der Waals surface area contributed by atoms with Crippen LogP contribution in [0.3, 0.4) is 0 Å². The summed E-state index contributed by atoms with van der Waals surface area (Å²) >= 11 is 0. The number of carbonyl (C=O) groups excluding carboxylic acids is 2. The zero-order valence-corrected chi connectivity index (χ0v) is 25.6. The number of methoxy groups -OCH3 is 2. The van der Waals surface area contributed by atoms with E-state index in [1.807, 2.05) is 36.4 Å². The second-order valence-corrected chi connectivity index (χ2v) is 12.3. The summed E-state index contributed by atoms with van der Waals surface area (Å²) in [6.07, 6.45) is 2.89. The average molecular weight is 625 g/mol. The van der Waals surface area contributed by atoms with Crippen molar-refractivity contribution in [2.24, 2.45) is 0 Å². The monoisotopic (exact) mass is 624 g/mol. The van der Waals surface area contributed by atoms with Crippen molar-refractivity contribution in [1.29, 1.82) is 0 Å². The highest BCUT2D eigenvalue weighted by Gasteiger charge is 2.36. The first-order valence-corrected chi connectivity index (χ1v) is 15.6. The van der Waals surface area contributed by atoms with E-state index in [4.69, 9.17) is 14.2 Å². The maximum Gasteiger partial charge on any atom is 0.337 e. The van der Waals surface area contributed by atoms with Crippen LogP contribution in [-0.4, -0.2) is 39.6 Å². The summed E-state index contributed by atoms with van der Waals surface area (Å²) in [4.78, 5) is 29.5. The molecule has 1 atom stereocenters. The molecule has 1 heterocycles. The van der Waals surface area contributed by atoms with Crippen LogP contribution in [0.4, 0.5) is 5.69 Å². The molecule has 0 aliphatic rings. The first-order chi connectivity index (χ1) is 21.8. The van der Waals surface area contributed by atoms with E-state index in [2.05, 4.69) is 4.98 Å². The van der Waals surface area contributed by atoms with E-state index in [-0.39, 0.29) is 18.7 Å². The largest absolute Gasteiger partial charge is 0.497 e. The zero-order valence-electron chi connectivity index (χ0n) is 24.8. The Labute approximate surface area is 262 Å². The van der Waals surface area contributed by atoms with Crippen LogP contribution >= 0.6 is 0 Å². The van der Waals surface area contributed by atoms with Crippen molar-refractivity contribution in [3.8, 4) is 5.75 Å². The number of aromatic nitrogens is 1. The SMILES string of the molecule is COC(=O)c1ccc(C(CC(=O)OCc2ccccc2)S(=O)(=O)N(Cc2ccc(OC)cc2)c2ccc3cnccc3c2)cc1. The van der Waals surface area contributed by atoms with E-state index in [1.165, 1.54) is 35.7 Å². The Morgan fingerprint density at radius 3 is 2.24 bits per heavy atom. The number of benzene rings is 4. The van der Waals surface area contributed by atoms with Crippen molar-refractivity contribution in [2.45, 2.75) is 24.8 Å². The Morgan fingerprint density at radius 2 is 1.56 bits per heavy atom. The smallest absolute Gasteiger partial charge is 0.337 e. The standard InChI is InChI=1S/C35H32N2O7S/c1-42-32-16-8-25(9-17-32)23-37(31-15-14-30-22-36-19-18-29(30)20-31)45(40,41)33(27-10-12-28(13-11-27)35(39)43-2)21-34(38)44-24-26-6-4-3-5-7-26/h3-20,22,33H,21,23-24H2,1-2H3. The number of hydrogen-bond acceptors (Lipinski definition) is 8. The molecular weight excluding hydrogens is 592 g/mol. The van der Waals surface area contributed by atoms with E-state index in [0.717, 1.165) is 16.3 Å². The Hall–Kier alpha value is -5.22. The predicted octanol–water partition coefficient (Wildman–Crippen LogP) is 6.24. The lowest BCUT2D eigenvalue weighted by molar-refractivity contribution is -0.145. The molecule has 5 aromatic rings. The van der Waals surface area contributed by atoms with E-state index in [0.29, 0.717) is 22.6 Å². The number of rotatable bonds is 12. The number of esters is 2. The molecular formula is C35H32N2O7S. The van der Waals surface area contributed by atoms with Crippen molar-refractivity contribution < 1.29 is 32.2 Å². The molecule has 0 aliphatic heterocycles. The summed E-state index contributed by atoms with van der Waals surface area (Å²) in [5.41, 5.74) is 2.48. The number of pyridine rings is 1. The first kappa shape index (κ1) is 31.2. The van der Waals surface area contributed by atoms with Gasteiger partial charge in [0.15, 0.2) is 0 Å². The van der Waals surface area contributed by atoms with Crippen molar-refractivity contribution in [2.75, 3.05) is 18.5 Å². The summed E-state index contributed by atoms with van der Waals surface area (Å²) in [5, 5.41) is 0.319. The third-order valence-corrected chi connectivity index (χ3v) is 9.47. The Bertz CT molecular complexity index is 1880. The van der Waals surface area contributed by atoms with Crippen LogP contribution in [0.2, 0.25) is 0 Å². The maximum atomic E-state index is 14.8. The number of hydrogen-bond donors (Lipinski definition) is 0. The van der Waals surface area contributed by atoms with Gasteiger partial charge < -0.3 is 14.2 Å². The van der Waals surface area contributed by atoms with Gasteiger partial charge in [0.25, 0.3) is 0 Å². The molecule has 230 valence electrons. The lowest BCUT2D eigenvalue weighted by Gasteiger charge is -2.30. The lowest BCUT2D eigenvalue weighted by atomic mass is 10.1. The molecule has 4 aromatic carbocycles. The fourth-order valence-electron chi connectivity index (χ4n) is 4.90. The molecule has 0 saturated carbocycles. The van der Waals surface area contributed by atoms with Gasteiger partial charge in [0, 0.05) is 17.8 Å². The minimum absolute atomic E-state index is 0.00198. The highest BCUT2D eigenvalue weighted by atomic mass is 32.2. The number of fused-ring (bicyclic) bond motifs is 1. The Morgan fingerprint density at radius 1 is 0.822 bits per heavy atom.